The first kappa shape index (κ1) is 25.7. The molecule has 0 bridgehead atoms. The third-order valence-corrected chi connectivity index (χ3v) is 6.24. The number of halogens is 1. The van der Waals surface area contributed by atoms with E-state index < -0.39 is 0 Å². The fourth-order valence-electron chi connectivity index (χ4n) is 3.95. The molecule has 1 aliphatic heterocycles. The first-order valence-electron chi connectivity index (χ1n) is 11.9. The summed E-state index contributed by atoms with van der Waals surface area (Å²) in [5.74, 6) is 0.277. The fraction of sp³-hybridized carbons (Fsp3) is 0.308. The van der Waals surface area contributed by atoms with Crippen LogP contribution in [0.2, 0.25) is 0 Å². The molecule has 2 N–H and O–H groups in total. The van der Waals surface area contributed by atoms with Gasteiger partial charge in [0.15, 0.2) is 0 Å². The monoisotopic (exact) mass is 552 g/mol. The minimum Gasteiger partial charge on any atom is -0.465 e. The van der Waals surface area contributed by atoms with E-state index in [0.717, 1.165) is 47.2 Å². The van der Waals surface area contributed by atoms with Crippen LogP contribution >= 0.6 is 15.9 Å². The summed E-state index contributed by atoms with van der Waals surface area (Å²) in [5, 5.41) is 7.04. The van der Waals surface area contributed by atoms with Crippen molar-refractivity contribution in [2.24, 2.45) is 0 Å². The molecular weight excluding hydrogens is 524 g/mol. The summed E-state index contributed by atoms with van der Waals surface area (Å²) in [7, 11) is 0. The van der Waals surface area contributed by atoms with E-state index >= 15 is 0 Å². The van der Waals surface area contributed by atoms with Gasteiger partial charge < -0.3 is 15.4 Å². The van der Waals surface area contributed by atoms with Crippen LogP contribution in [-0.4, -0.2) is 77.5 Å². The second kappa shape index (κ2) is 12.6. The highest BCUT2D eigenvalue weighted by molar-refractivity contribution is 9.10. The number of carbonyl (C=O) groups is 2. The highest BCUT2D eigenvalue weighted by Crippen LogP contribution is 2.27. The molecule has 0 radical (unpaired) electrons. The summed E-state index contributed by atoms with van der Waals surface area (Å²) in [5.41, 5.74) is 2.33. The number of nitrogens with zero attached hydrogens (tertiary/aromatic N) is 4. The Labute approximate surface area is 218 Å². The lowest BCUT2D eigenvalue weighted by atomic mass is 10.2. The lowest BCUT2D eigenvalue weighted by Crippen LogP contribution is -2.48. The molecule has 188 valence electrons. The summed E-state index contributed by atoms with van der Waals surface area (Å²) in [4.78, 5) is 37.2. The lowest BCUT2D eigenvalue weighted by molar-refractivity contribution is -0.144. The van der Waals surface area contributed by atoms with Crippen molar-refractivity contribution in [1.82, 2.24) is 19.8 Å². The molecule has 10 heteroatoms. The van der Waals surface area contributed by atoms with Crippen molar-refractivity contribution in [3.8, 4) is 0 Å². The average molecular weight is 553 g/mol. The number of fused-ring (bicyclic) bond motifs is 1. The number of rotatable bonds is 9. The molecule has 1 saturated heterocycles. The van der Waals surface area contributed by atoms with Crippen LogP contribution in [0.3, 0.4) is 0 Å². The van der Waals surface area contributed by atoms with Crippen molar-refractivity contribution < 1.29 is 14.3 Å². The summed E-state index contributed by atoms with van der Waals surface area (Å²) in [6.45, 7) is 6.50. The lowest BCUT2D eigenvalue weighted by Gasteiger charge is -2.33. The van der Waals surface area contributed by atoms with Gasteiger partial charge in [0.05, 0.1) is 18.7 Å². The van der Waals surface area contributed by atoms with Crippen molar-refractivity contribution in [3.63, 3.8) is 0 Å². The number of benzene rings is 2. The van der Waals surface area contributed by atoms with Crippen molar-refractivity contribution in [2.45, 2.75) is 6.92 Å². The van der Waals surface area contributed by atoms with Gasteiger partial charge in [-0.3, -0.25) is 19.4 Å². The molecule has 2 aromatic carbocycles. The van der Waals surface area contributed by atoms with Crippen molar-refractivity contribution >= 4 is 55.9 Å². The number of hydrogen-bond donors (Lipinski definition) is 2. The van der Waals surface area contributed by atoms with Gasteiger partial charge in [-0.25, -0.2) is 9.97 Å². The second-order valence-electron chi connectivity index (χ2n) is 8.36. The molecular formula is C26H29BrN6O3. The molecule has 0 unspecified atom stereocenters. The van der Waals surface area contributed by atoms with E-state index in [-0.39, 0.29) is 11.9 Å². The van der Waals surface area contributed by atoms with Gasteiger partial charge in [-0.15, -0.1) is 0 Å². The normalized spacial score (nSPS) is 14.7. The molecule has 0 aliphatic carbocycles. The number of aromatic nitrogens is 2. The van der Waals surface area contributed by atoms with Crippen LogP contribution in [0.5, 0.6) is 0 Å². The Morgan fingerprint density at radius 3 is 2.64 bits per heavy atom. The number of carbonyl (C=O) groups excluding carboxylic acids is 2. The molecule has 3 aromatic rings. The number of hydrogen-bond acceptors (Lipinski definition) is 8. The van der Waals surface area contributed by atoms with Crippen LogP contribution in [0.25, 0.3) is 10.9 Å². The molecule has 1 aromatic heterocycles. The number of amides is 1. The van der Waals surface area contributed by atoms with Crippen LogP contribution in [0.15, 0.2) is 65.4 Å². The van der Waals surface area contributed by atoms with E-state index in [9.17, 15) is 9.59 Å². The van der Waals surface area contributed by atoms with E-state index in [1.54, 1.807) is 6.08 Å². The van der Waals surface area contributed by atoms with Gasteiger partial charge in [0.2, 0.25) is 5.91 Å². The third-order valence-electron chi connectivity index (χ3n) is 5.75. The zero-order chi connectivity index (χ0) is 25.3. The van der Waals surface area contributed by atoms with Gasteiger partial charge in [0, 0.05) is 60.0 Å². The zero-order valence-electron chi connectivity index (χ0n) is 20.1. The first-order chi connectivity index (χ1) is 17.5. The Balaban J connectivity index is 1.31. The number of ether oxygens (including phenoxy) is 1. The summed E-state index contributed by atoms with van der Waals surface area (Å²) in [6.07, 6.45) is 4.93. The van der Waals surface area contributed by atoms with E-state index in [2.05, 4.69) is 46.3 Å². The molecule has 4 rings (SSSR count). The first-order valence-corrected chi connectivity index (χ1v) is 12.6. The van der Waals surface area contributed by atoms with Gasteiger partial charge in [-0.2, -0.15) is 0 Å². The van der Waals surface area contributed by atoms with Crippen molar-refractivity contribution in [3.05, 3.63) is 65.4 Å². The van der Waals surface area contributed by atoms with Crippen LogP contribution < -0.4 is 10.6 Å². The van der Waals surface area contributed by atoms with Crippen molar-refractivity contribution in [2.75, 3.05) is 56.5 Å². The zero-order valence-corrected chi connectivity index (χ0v) is 21.7. The van der Waals surface area contributed by atoms with Gasteiger partial charge in [-0.1, -0.05) is 28.1 Å². The van der Waals surface area contributed by atoms with E-state index in [1.807, 2.05) is 55.5 Å². The molecule has 36 heavy (non-hydrogen) atoms. The number of esters is 1. The molecule has 2 heterocycles. The molecule has 0 saturated carbocycles. The standard InChI is InChI=1S/C26H29BrN6O3/c1-2-36-25(35)17-33-13-11-32(12-14-33)10-4-7-24(34)30-21-8-9-23-22(16-21)26(29-18-28-23)31-20-6-3-5-19(27)15-20/h3-9,15-16,18H,2,10-14,17H2,1H3,(H,30,34)(H,28,29,31). The van der Waals surface area contributed by atoms with Crippen molar-refractivity contribution in [1.29, 1.82) is 0 Å². The van der Waals surface area contributed by atoms with Gasteiger partial charge in [0.25, 0.3) is 0 Å². The number of anilines is 3. The van der Waals surface area contributed by atoms with E-state index in [4.69, 9.17) is 4.74 Å². The van der Waals surface area contributed by atoms with Crippen LogP contribution in [-0.2, 0) is 14.3 Å². The number of nitrogens with one attached hydrogen (secondary N) is 2. The average Bonchev–Trinajstić information content (AvgIpc) is 2.86. The molecule has 1 aliphatic rings. The molecule has 9 nitrogen and oxygen atoms in total. The Hall–Kier alpha value is -3.34. The van der Waals surface area contributed by atoms with Gasteiger partial charge in [-0.05, 0) is 43.3 Å². The third kappa shape index (κ3) is 7.33. The second-order valence-corrected chi connectivity index (χ2v) is 9.28. The maximum absolute atomic E-state index is 12.5. The minimum absolute atomic E-state index is 0.182. The largest absolute Gasteiger partial charge is 0.465 e. The van der Waals surface area contributed by atoms with E-state index in [1.165, 1.54) is 6.33 Å². The smallest absolute Gasteiger partial charge is 0.320 e. The summed E-state index contributed by atoms with van der Waals surface area (Å²) in [6, 6.07) is 13.4. The quantitative estimate of drug-likeness (QED) is 0.305. The topological polar surface area (TPSA) is 99.7 Å². The Morgan fingerprint density at radius 2 is 1.86 bits per heavy atom. The number of piperazine rings is 1. The Morgan fingerprint density at radius 1 is 1.06 bits per heavy atom. The highest BCUT2D eigenvalue weighted by atomic mass is 79.9. The maximum atomic E-state index is 12.5. The molecule has 0 spiro atoms. The van der Waals surface area contributed by atoms with Crippen LogP contribution in [0, 0.1) is 0 Å². The molecule has 0 atom stereocenters. The Bertz CT molecular complexity index is 1240. The highest BCUT2D eigenvalue weighted by Gasteiger charge is 2.18. The van der Waals surface area contributed by atoms with Gasteiger partial charge in [0.1, 0.15) is 12.1 Å². The molecule has 1 amide bonds. The van der Waals surface area contributed by atoms with Crippen LogP contribution in [0.4, 0.5) is 17.2 Å². The summed E-state index contributed by atoms with van der Waals surface area (Å²) >= 11 is 3.48. The predicted molar refractivity (Wildman–Crippen MR) is 144 cm³/mol. The van der Waals surface area contributed by atoms with Gasteiger partial charge >= 0.3 is 5.97 Å². The van der Waals surface area contributed by atoms with Crippen LogP contribution in [0.1, 0.15) is 6.92 Å². The fourth-order valence-corrected chi connectivity index (χ4v) is 4.35. The minimum atomic E-state index is -0.200. The maximum Gasteiger partial charge on any atom is 0.320 e. The molecule has 1 fully saturated rings. The SMILES string of the molecule is CCOC(=O)CN1CCN(CC=CC(=O)Nc2ccc3ncnc(Nc4cccc(Br)c4)c3c2)CC1. The Kier molecular flexibility index (Phi) is 8.99. The summed E-state index contributed by atoms with van der Waals surface area (Å²) < 4.78 is 5.97. The predicted octanol–water partition coefficient (Wildman–Crippen LogP) is 3.81. The van der Waals surface area contributed by atoms with E-state index in [0.29, 0.717) is 31.2 Å².